The number of rotatable bonds is 8. The van der Waals surface area contributed by atoms with E-state index in [-0.39, 0.29) is 37.1 Å². The highest BCUT2D eigenvalue weighted by atomic mass is 19.3. The predicted octanol–water partition coefficient (Wildman–Crippen LogP) is 4.29. The Morgan fingerprint density at radius 3 is 2.40 bits per heavy atom. The third-order valence-corrected chi connectivity index (χ3v) is 6.79. The third-order valence-electron chi connectivity index (χ3n) is 6.79. The summed E-state index contributed by atoms with van der Waals surface area (Å²) in [6, 6.07) is 18.7. The van der Waals surface area contributed by atoms with Crippen molar-refractivity contribution in [3.05, 3.63) is 72.6 Å². The number of amides is 1. The summed E-state index contributed by atoms with van der Waals surface area (Å²) in [6.45, 7) is 0.180. The number of piperidine rings is 1. The van der Waals surface area contributed by atoms with Crippen LogP contribution in [0.4, 0.5) is 14.6 Å². The Morgan fingerprint density at radius 1 is 1.07 bits per heavy atom. The van der Waals surface area contributed by atoms with Crippen LogP contribution >= 0.6 is 0 Å². The van der Waals surface area contributed by atoms with Gasteiger partial charge in [0, 0.05) is 32.5 Å². The number of aromatic nitrogens is 2. The molecular weight excluding hydrogens is 518 g/mol. The van der Waals surface area contributed by atoms with Crippen molar-refractivity contribution >= 4 is 11.7 Å². The number of alkyl halides is 2. The van der Waals surface area contributed by atoms with Crippen LogP contribution in [0.1, 0.15) is 12.8 Å². The molecule has 0 unspecified atom stereocenters. The lowest BCUT2D eigenvalue weighted by Crippen LogP contribution is -2.56. The van der Waals surface area contributed by atoms with Crippen molar-refractivity contribution in [3.63, 3.8) is 0 Å². The summed E-state index contributed by atoms with van der Waals surface area (Å²) in [7, 11) is 0. The molecule has 9 nitrogen and oxygen atoms in total. The van der Waals surface area contributed by atoms with Crippen molar-refractivity contribution < 1.29 is 23.0 Å². The van der Waals surface area contributed by atoms with Gasteiger partial charge in [0.15, 0.2) is 0 Å². The average Bonchev–Trinajstić information content (AvgIpc) is 2.94. The molecular formula is C29H28F2N6O3. The highest BCUT2D eigenvalue weighted by molar-refractivity contribution is 5.97. The number of hydrogen-bond acceptors (Lipinski definition) is 8. The summed E-state index contributed by atoms with van der Waals surface area (Å²) in [6.07, 6.45) is 3.59. The molecule has 0 atom stereocenters. The molecule has 3 heterocycles. The molecule has 1 amide bonds. The molecule has 2 N–H and O–H groups in total. The summed E-state index contributed by atoms with van der Waals surface area (Å²) in [5.74, 6) is -1.08. The number of likely N-dealkylation sites (tertiary alicyclic amines) is 2. The fourth-order valence-corrected chi connectivity index (χ4v) is 4.70. The Balaban J connectivity index is 1.20. The van der Waals surface area contributed by atoms with Gasteiger partial charge >= 0.3 is 0 Å². The molecule has 2 aliphatic rings. The summed E-state index contributed by atoms with van der Waals surface area (Å²) in [5, 5.41) is 9.44. The molecule has 3 aromatic rings. The van der Waals surface area contributed by atoms with Crippen molar-refractivity contribution in [2.24, 2.45) is 0 Å². The monoisotopic (exact) mass is 546 g/mol. The lowest BCUT2D eigenvalue weighted by atomic mass is 10.0. The Hall–Kier alpha value is -4.56. The molecule has 2 aromatic carbocycles. The van der Waals surface area contributed by atoms with Crippen LogP contribution in [0.25, 0.3) is 11.1 Å². The Kier molecular flexibility index (Phi) is 7.89. The summed E-state index contributed by atoms with van der Waals surface area (Å²) in [5.41, 5.74) is 7.51. The van der Waals surface area contributed by atoms with Crippen LogP contribution in [-0.2, 0) is 4.79 Å². The van der Waals surface area contributed by atoms with E-state index in [0.29, 0.717) is 43.1 Å². The van der Waals surface area contributed by atoms with Crippen LogP contribution in [0, 0.1) is 11.3 Å². The molecule has 0 saturated carbocycles. The van der Waals surface area contributed by atoms with Crippen molar-refractivity contribution in [2.75, 3.05) is 38.5 Å². The molecule has 2 fully saturated rings. The molecule has 11 heteroatoms. The number of para-hydroxylation sites is 1. The molecule has 0 radical (unpaired) electrons. The standard InChI is InChI=1S/C29H28F2N6O3/c30-29(31)17-36(18-29)13-10-21(16-32)28(38)37-14-11-24(12-15-37)40-27-25(26(33)34-19-35-27)20-6-8-23(9-7-20)39-22-4-2-1-3-5-22/h1-10,19,24H,11-15,17-18H2,(H2,33,34,35). The maximum absolute atomic E-state index is 13.0. The zero-order chi connectivity index (χ0) is 28.1. The molecule has 2 aliphatic heterocycles. The number of nitrogen functional groups attached to an aromatic ring is 1. The summed E-state index contributed by atoms with van der Waals surface area (Å²) in [4.78, 5) is 24.4. The molecule has 40 heavy (non-hydrogen) atoms. The lowest BCUT2D eigenvalue weighted by Gasteiger charge is -2.38. The van der Waals surface area contributed by atoms with Crippen LogP contribution in [0.3, 0.4) is 0 Å². The molecule has 5 rings (SSSR count). The normalized spacial score (nSPS) is 17.5. The van der Waals surface area contributed by atoms with Crippen LogP contribution in [-0.4, -0.2) is 70.4 Å². The first-order valence-electron chi connectivity index (χ1n) is 12.9. The minimum absolute atomic E-state index is 0.0415. The average molecular weight is 547 g/mol. The first-order chi connectivity index (χ1) is 19.3. The van der Waals surface area contributed by atoms with Crippen molar-refractivity contribution in [1.82, 2.24) is 19.8 Å². The van der Waals surface area contributed by atoms with E-state index in [1.165, 1.54) is 17.3 Å². The Morgan fingerprint density at radius 2 is 1.75 bits per heavy atom. The van der Waals surface area contributed by atoms with Gasteiger partial charge < -0.3 is 20.1 Å². The number of carbonyl (C=O) groups is 1. The van der Waals surface area contributed by atoms with E-state index in [1.807, 2.05) is 60.7 Å². The van der Waals surface area contributed by atoms with Gasteiger partial charge in [0.2, 0.25) is 5.88 Å². The zero-order valence-electron chi connectivity index (χ0n) is 21.7. The van der Waals surface area contributed by atoms with E-state index >= 15 is 0 Å². The van der Waals surface area contributed by atoms with Gasteiger partial charge in [-0.15, -0.1) is 0 Å². The Labute approximate surface area is 230 Å². The second-order valence-corrected chi connectivity index (χ2v) is 9.74. The minimum Gasteiger partial charge on any atom is -0.474 e. The zero-order valence-corrected chi connectivity index (χ0v) is 21.7. The van der Waals surface area contributed by atoms with Crippen molar-refractivity contribution in [2.45, 2.75) is 24.9 Å². The molecule has 1 aromatic heterocycles. The number of carbonyl (C=O) groups excluding carboxylic acids is 1. The van der Waals surface area contributed by atoms with Gasteiger partial charge in [-0.05, 0) is 35.9 Å². The Bertz CT molecular complexity index is 1410. The van der Waals surface area contributed by atoms with E-state index in [4.69, 9.17) is 15.2 Å². The van der Waals surface area contributed by atoms with Gasteiger partial charge in [0.1, 0.15) is 41.4 Å². The van der Waals surface area contributed by atoms with E-state index in [1.54, 1.807) is 4.90 Å². The molecule has 0 bridgehead atoms. The second kappa shape index (κ2) is 11.7. The number of nitriles is 1. The van der Waals surface area contributed by atoms with Gasteiger partial charge in [-0.2, -0.15) is 5.26 Å². The number of hydrogen-bond donors (Lipinski definition) is 1. The number of benzene rings is 2. The molecule has 206 valence electrons. The smallest absolute Gasteiger partial charge is 0.272 e. The van der Waals surface area contributed by atoms with E-state index in [9.17, 15) is 18.8 Å². The topological polar surface area (TPSA) is 118 Å². The second-order valence-electron chi connectivity index (χ2n) is 9.74. The molecule has 2 saturated heterocycles. The van der Waals surface area contributed by atoms with Crippen molar-refractivity contribution in [3.8, 4) is 34.6 Å². The van der Waals surface area contributed by atoms with Gasteiger partial charge in [-0.25, -0.2) is 18.7 Å². The number of anilines is 1. The summed E-state index contributed by atoms with van der Waals surface area (Å²) < 4.78 is 38.2. The highest BCUT2D eigenvalue weighted by Gasteiger charge is 2.43. The van der Waals surface area contributed by atoms with Crippen LogP contribution in [0.2, 0.25) is 0 Å². The van der Waals surface area contributed by atoms with Crippen LogP contribution < -0.4 is 15.2 Å². The lowest BCUT2D eigenvalue weighted by molar-refractivity contribution is -0.128. The van der Waals surface area contributed by atoms with E-state index in [0.717, 1.165) is 11.3 Å². The third kappa shape index (κ3) is 6.35. The maximum Gasteiger partial charge on any atom is 0.272 e. The van der Waals surface area contributed by atoms with Gasteiger partial charge in [-0.1, -0.05) is 30.3 Å². The number of ether oxygens (including phenoxy) is 2. The SMILES string of the molecule is N#CC(=CCN1CC(F)(F)C1)C(=O)N1CCC(Oc2ncnc(N)c2-c2ccc(Oc3ccccc3)cc2)CC1. The van der Waals surface area contributed by atoms with Gasteiger partial charge in [0.25, 0.3) is 11.8 Å². The maximum atomic E-state index is 13.0. The van der Waals surface area contributed by atoms with Crippen LogP contribution in [0.15, 0.2) is 72.6 Å². The summed E-state index contributed by atoms with van der Waals surface area (Å²) >= 11 is 0. The first-order valence-corrected chi connectivity index (χ1v) is 12.9. The van der Waals surface area contributed by atoms with E-state index < -0.39 is 11.8 Å². The fourth-order valence-electron chi connectivity index (χ4n) is 4.70. The quantitative estimate of drug-likeness (QED) is 0.329. The van der Waals surface area contributed by atoms with Crippen LogP contribution in [0.5, 0.6) is 17.4 Å². The van der Waals surface area contributed by atoms with Gasteiger partial charge in [0.05, 0.1) is 18.7 Å². The first kappa shape index (κ1) is 27.0. The number of nitrogens with two attached hydrogens (primary N) is 1. The largest absolute Gasteiger partial charge is 0.474 e. The molecule has 0 aliphatic carbocycles. The van der Waals surface area contributed by atoms with E-state index in [2.05, 4.69) is 9.97 Å². The number of halogens is 2. The van der Waals surface area contributed by atoms with Gasteiger partial charge in [-0.3, -0.25) is 9.69 Å². The highest BCUT2D eigenvalue weighted by Crippen LogP contribution is 2.35. The predicted molar refractivity (Wildman–Crippen MR) is 144 cm³/mol. The van der Waals surface area contributed by atoms with Crippen molar-refractivity contribution in [1.29, 1.82) is 5.26 Å². The fraction of sp³-hybridized carbons (Fsp3) is 0.310. The molecule has 0 spiro atoms. The number of nitrogens with zero attached hydrogens (tertiary/aromatic N) is 5. The minimum atomic E-state index is -2.69.